The summed E-state index contributed by atoms with van der Waals surface area (Å²) < 4.78 is 11.4. The molecular weight excluding hydrogens is 276 g/mol. The summed E-state index contributed by atoms with van der Waals surface area (Å²) >= 11 is 3.91. The van der Waals surface area contributed by atoms with Gasteiger partial charge in [-0.1, -0.05) is 13.8 Å². The van der Waals surface area contributed by atoms with Crippen molar-refractivity contribution < 1.29 is 8.83 Å². The highest BCUT2D eigenvalue weighted by atomic mass is 32.2. The summed E-state index contributed by atoms with van der Waals surface area (Å²) in [6.45, 7) is 4.54. The molecule has 2 rings (SSSR count). The fraction of sp³-hybridized carbons (Fsp3) is 0.467. The first-order valence-corrected chi connectivity index (χ1v) is 8.61. The van der Waals surface area contributed by atoms with E-state index in [1.807, 2.05) is 47.8 Å². The summed E-state index contributed by atoms with van der Waals surface area (Å²) in [5.41, 5.74) is 0. The van der Waals surface area contributed by atoms with E-state index in [1.165, 1.54) is 6.42 Å². The van der Waals surface area contributed by atoms with Crippen LogP contribution in [0.1, 0.15) is 31.8 Å². The van der Waals surface area contributed by atoms with E-state index in [-0.39, 0.29) is 0 Å². The third-order valence-corrected chi connectivity index (χ3v) is 5.49. The van der Waals surface area contributed by atoms with Crippen LogP contribution >= 0.6 is 23.5 Å². The Morgan fingerprint density at radius 2 is 1.47 bits per heavy atom. The minimum atomic E-state index is 0.579. The van der Waals surface area contributed by atoms with Gasteiger partial charge in [-0.05, 0) is 36.6 Å². The Balaban J connectivity index is 1.80. The lowest BCUT2D eigenvalue weighted by atomic mass is 10.2. The SMILES string of the molecule is CC(C)CC(SCc1ccco1)SCc1ccco1. The number of hydrogen-bond acceptors (Lipinski definition) is 4. The molecule has 0 aliphatic rings. The van der Waals surface area contributed by atoms with Crippen LogP contribution in [0.3, 0.4) is 0 Å². The van der Waals surface area contributed by atoms with E-state index in [4.69, 9.17) is 8.83 Å². The summed E-state index contributed by atoms with van der Waals surface area (Å²) in [5, 5.41) is 0. The maximum Gasteiger partial charge on any atom is 0.113 e. The van der Waals surface area contributed by atoms with Crippen LogP contribution in [0.5, 0.6) is 0 Å². The van der Waals surface area contributed by atoms with E-state index in [1.54, 1.807) is 12.5 Å². The van der Waals surface area contributed by atoms with Crippen LogP contribution in [0.2, 0.25) is 0 Å². The molecule has 4 heteroatoms. The Morgan fingerprint density at radius 1 is 0.947 bits per heavy atom. The van der Waals surface area contributed by atoms with E-state index in [0.717, 1.165) is 23.0 Å². The maximum absolute atomic E-state index is 5.39. The fourth-order valence-electron chi connectivity index (χ4n) is 1.71. The van der Waals surface area contributed by atoms with Crippen LogP contribution in [0.15, 0.2) is 45.6 Å². The molecule has 0 aliphatic carbocycles. The van der Waals surface area contributed by atoms with Crippen LogP contribution < -0.4 is 0 Å². The molecule has 0 unspecified atom stereocenters. The van der Waals surface area contributed by atoms with Crippen molar-refractivity contribution in [3.8, 4) is 0 Å². The lowest BCUT2D eigenvalue weighted by molar-refractivity contribution is 0.529. The molecule has 104 valence electrons. The number of rotatable bonds is 8. The van der Waals surface area contributed by atoms with Gasteiger partial charge in [0, 0.05) is 0 Å². The number of furan rings is 2. The summed E-state index contributed by atoms with van der Waals surface area (Å²) in [4.78, 5) is 0. The van der Waals surface area contributed by atoms with E-state index in [2.05, 4.69) is 13.8 Å². The molecule has 2 nitrogen and oxygen atoms in total. The molecule has 0 aliphatic heterocycles. The monoisotopic (exact) mass is 296 g/mol. The van der Waals surface area contributed by atoms with Crippen molar-refractivity contribution in [1.29, 1.82) is 0 Å². The van der Waals surface area contributed by atoms with Gasteiger partial charge in [-0.2, -0.15) is 0 Å². The number of hydrogen-bond donors (Lipinski definition) is 0. The standard InChI is InChI=1S/C15H20O2S2/c1-12(2)9-15(18-10-13-5-3-7-16-13)19-11-14-6-4-8-17-14/h3-8,12,15H,9-11H2,1-2H3. The predicted octanol–water partition coefficient (Wildman–Crippen LogP) is 5.41. The first-order valence-electron chi connectivity index (χ1n) is 6.52. The van der Waals surface area contributed by atoms with Gasteiger partial charge in [-0.15, -0.1) is 23.5 Å². The third-order valence-electron chi connectivity index (χ3n) is 2.65. The van der Waals surface area contributed by atoms with Crippen molar-refractivity contribution >= 4 is 23.5 Å². The van der Waals surface area contributed by atoms with Gasteiger partial charge in [-0.25, -0.2) is 0 Å². The van der Waals surface area contributed by atoms with Gasteiger partial charge in [0.05, 0.1) is 28.6 Å². The first kappa shape index (κ1) is 14.7. The van der Waals surface area contributed by atoms with Gasteiger partial charge >= 0.3 is 0 Å². The van der Waals surface area contributed by atoms with Gasteiger partial charge in [0.1, 0.15) is 11.5 Å². The summed E-state index contributed by atoms with van der Waals surface area (Å²) in [7, 11) is 0. The van der Waals surface area contributed by atoms with Gasteiger partial charge in [0.25, 0.3) is 0 Å². The summed E-state index contributed by atoms with van der Waals surface area (Å²) in [6.07, 6.45) is 4.68. The smallest absolute Gasteiger partial charge is 0.113 e. The molecule has 0 amide bonds. The predicted molar refractivity (Wildman–Crippen MR) is 83.2 cm³/mol. The maximum atomic E-state index is 5.39. The molecule has 0 aromatic carbocycles. The minimum absolute atomic E-state index is 0.579. The zero-order chi connectivity index (χ0) is 13.5. The molecule has 0 saturated heterocycles. The minimum Gasteiger partial charge on any atom is -0.468 e. The van der Waals surface area contributed by atoms with Gasteiger partial charge in [-0.3, -0.25) is 0 Å². The van der Waals surface area contributed by atoms with Crippen LogP contribution in [0.4, 0.5) is 0 Å². The number of thioether (sulfide) groups is 2. The first-order chi connectivity index (χ1) is 9.24. The molecule has 0 radical (unpaired) electrons. The molecule has 0 bridgehead atoms. The lowest BCUT2D eigenvalue weighted by Crippen LogP contribution is -2.03. The second kappa shape index (κ2) is 7.75. The van der Waals surface area contributed by atoms with E-state index >= 15 is 0 Å². The van der Waals surface area contributed by atoms with Crippen molar-refractivity contribution in [1.82, 2.24) is 0 Å². The van der Waals surface area contributed by atoms with Crippen molar-refractivity contribution in [2.45, 2.75) is 36.4 Å². The normalized spacial score (nSPS) is 11.6. The molecule has 0 N–H and O–H groups in total. The molecule has 2 aromatic rings. The highest BCUT2D eigenvalue weighted by molar-refractivity contribution is 8.16. The van der Waals surface area contributed by atoms with E-state index < -0.39 is 0 Å². The van der Waals surface area contributed by atoms with Crippen molar-refractivity contribution in [3.05, 3.63) is 48.3 Å². The highest BCUT2D eigenvalue weighted by Gasteiger charge is 2.14. The van der Waals surface area contributed by atoms with Crippen LogP contribution in [0.25, 0.3) is 0 Å². The summed E-state index contributed by atoms with van der Waals surface area (Å²) in [6, 6.07) is 7.97. The van der Waals surface area contributed by atoms with E-state index in [0.29, 0.717) is 10.5 Å². The molecule has 0 spiro atoms. The van der Waals surface area contributed by atoms with Crippen LogP contribution in [-0.4, -0.2) is 4.58 Å². The zero-order valence-corrected chi connectivity index (χ0v) is 13.0. The van der Waals surface area contributed by atoms with Gasteiger partial charge < -0.3 is 8.83 Å². The second-order valence-electron chi connectivity index (χ2n) is 4.84. The average Bonchev–Trinajstić information content (AvgIpc) is 3.05. The summed E-state index contributed by atoms with van der Waals surface area (Å²) in [5.74, 6) is 4.69. The molecule has 0 fully saturated rings. The van der Waals surface area contributed by atoms with E-state index in [9.17, 15) is 0 Å². The van der Waals surface area contributed by atoms with Crippen molar-refractivity contribution in [2.24, 2.45) is 5.92 Å². The quantitative estimate of drug-likeness (QED) is 0.608. The molecule has 0 atom stereocenters. The Labute approximate surface area is 123 Å². The Kier molecular flexibility index (Phi) is 5.98. The molecule has 19 heavy (non-hydrogen) atoms. The third kappa shape index (κ3) is 5.41. The fourth-order valence-corrected chi connectivity index (χ4v) is 4.57. The van der Waals surface area contributed by atoms with Gasteiger partial charge in [0.15, 0.2) is 0 Å². The van der Waals surface area contributed by atoms with Crippen molar-refractivity contribution in [2.75, 3.05) is 0 Å². The molecule has 2 heterocycles. The molecule has 0 saturated carbocycles. The Bertz CT molecular complexity index is 396. The Morgan fingerprint density at radius 3 is 1.84 bits per heavy atom. The lowest BCUT2D eigenvalue weighted by Gasteiger charge is -2.17. The van der Waals surface area contributed by atoms with Crippen LogP contribution in [0, 0.1) is 5.92 Å². The Hall–Kier alpha value is -0.740. The largest absolute Gasteiger partial charge is 0.468 e. The van der Waals surface area contributed by atoms with Gasteiger partial charge in [0.2, 0.25) is 0 Å². The molecular formula is C15H20O2S2. The highest BCUT2D eigenvalue weighted by Crippen LogP contribution is 2.34. The van der Waals surface area contributed by atoms with Crippen LogP contribution in [-0.2, 0) is 11.5 Å². The second-order valence-corrected chi connectivity index (χ2v) is 7.52. The molecule has 2 aromatic heterocycles. The average molecular weight is 296 g/mol. The topological polar surface area (TPSA) is 26.3 Å². The van der Waals surface area contributed by atoms with Crippen molar-refractivity contribution in [3.63, 3.8) is 0 Å². The zero-order valence-electron chi connectivity index (χ0n) is 11.4.